The highest BCUT2D eigenvalue weighted by Gasteiger charge is 2.22. The third kappa shape index (κ3) is 5.21. The van der Waals surface area contributed by atoms with Gasteiger partial charge in [0.2, 0.25) is 5.91 Å². The summed E-state index contributed by atoms with van der Waals surface area (Å²) < 4.78 is 0. The molecule has 0 unspecified atom stereocenters. The number of hydrogen-bond donors (Lipinski definition) is 1. The van der Waals surface area contributed by atoms with Crippen LogP contribution in [0, 0.1) is 0 Å². The predicted octanol–water partition coefficient (Wildman–Crippen LogP) is 5.08. The van der Waals surface area contributed by atoms with Crippen LogP contribution in [0.1, 0.15) is 5.69 Å². The number of halogens is 2. The molecule has 0 aliphatic carbocycles. The van der Waals surface area contributed by atoms with Crippen LogP contribution >= 0.6 is 34.5 Å². The van der Waals surface area contributed by atoms with E-state index >= 15 is 0 Å². The summed E-state index contributed by atoms with van der Waals surface area (Å²) in [5.41, 5.74) is 2.75. The summed E-state index contributed by atoms with van der Waals surface area (Å²) in [6.45, 7) is 2.99. The summed E-state index contributed by atoms with van der Waals surface area (Å²) in [4.78, 5) is 21.4. The molecule has 150 valence electrons. The van der Waals surface area contributed by atoms with Crippen LogP contribution in [0.15, 0.2) is 53.9 Å². The van der Waals surface area contributed by atoms with Gasteiger partial charge in [-0.15, -0.1) is 11.3 Å². The van der Waals surface area contributed by atoms with Crippen LogP contribution in [-0.2, 0) is 11.2 Å². The van der Waals surface area contributed by atoms with Gasteiger partial charge in [-0.1, -0.05) is 35.3 Å². The quantitative estimate of drug-likeness (QED) is 0.593. The highest BCUT2D eigenvalue weighted by molar-refractivity contribution is 7.13. The maximum atomic E-state index is 12.7. The van der Waals surface area contributed by atoms with Gasteiger partial charge in [-0.3, -0.25) is 4.79 Å². The fraction of sp³-hybridized carbons (Fsp3) is 0.238. The van der Waals surface area contributed by atoms with Gasteiger partial charge in [-0.05, 0) is 36.4 Å². The summed E-state index contributed by atoms with van der Waals surface area (Å²) in [6, 6.07) is 15.3. The van der Waals surface area contributed by atoms with Gasteiger partial charge < -0.3 is 15.1 Å². The lowest BCUT2D eigenvalue weighted by Crippen LogP contribution is -2.49. The normalized spacial score (nSPS) is 14.1. The van der Waals surface area contributed by atoms with Crippen LogP contribution in [0.5, 0.6) is 0 Å². The molecule has 8 heteroatoms. The number of hydrogen-bond acceptors (Lipinski definition) is 5. The molecule has 0 saturated carbocycles. The molecule has 1 aliphatic rings. The Morgan fingerprint density at radius 1 is 1.03 bits per heavy atom. The Balaban J connectivity index is 1.30. The van der Waals surface area contributed by atoms with Crippen molar-refractivity contribution < 1.29 is 4.79 Å². The van der Waals surface area contributed by atoms with Crippen molar-refractivity contribution in [3.05, 3.63) is 69.7 Å². The smallest absolute Gasteiger partial charge is 0.228 e. The molecule has 4 rings (SSSR count). The van der Waals surface area contributed by atoms with Crippen LogP contribution in [0.25, 0.3) is 0 Å². The molecule has 1 aliphatic heterocycles. The fourth-order valence-corrected chi connectivity index (χ4v) is 4.39. The van der Waals surface area contributed by atoms with E-state index in [2.05, 4.69) is 15.2 Å². The third-order valence-electron chi connectivity index (χ3n) is 4.77. The van der Waals surface area contributed by atoms with Crippen molar-refractivity contribution in [3.63, 3.8) is 0 Å². The zero-order valence-corrected chi connectivity index (χ0v) is 18.0. The van der Waals surface area contributed by atoms with E-state index < -0.39 is 0 Å². The van der Waals surface area contributed by atoms with E-state index in [0.29, 0.717) is 24.5 Å². The maximum Gasteiger partial charge on any atom is 0.228 e. The number of carbonyl (C=O) groups is 1. The van der Waals surface area contributed by atoms with Gasteiger partial charge in [0.05, 0.1) is 12.1 Å². The van der Waals surface area contributed by atoms with Gasteiger partial charge in [0.25, 0.3) is 0 Å². The lowest BCUT2D eigenvalue weighted by molar-refractivity contribution is -0.130. The maximum absolute atomic E-state index is 12.7. The van der Waals surface area contributed by atoms with Crippen molar-refractivity contribution in [2.24, 2.45) is 0 Å². The minimum absolute atomic E-state index is 0.107. The third-order valence-corrected chi connectivity index (χ3v) is 6.04. The van der Waals surface area contributed by atoms with Crippen LogP contribution in [-0.4, -0.2) is 42.0 Å². The summed E-state index contributed by atoms with van der Waals surface area (Å²) in [5.74, 6) is 0.107. The lowest BCUT2D eigenvalue weighted by atomic mass is 10.2. The topological polar surface area (TPSA) is 48.5 Å². The summed E-state index contributed by atoms with van der Waals surface area (Å²) in [7, 11) is 0. The molecule has 29 heavy (non-hydrogen) atoms. The fourth-order valence-electron chi connectivity index (χ4n) is 3.29. The van der Waals surface area contributed by atoms with E-state index in [1.165, 1.54) is 11.3 Å². The average Bonchev–Trinajstić information content (AvgIpc) is 3.15. The van der Waals surface area contributed by atoms with Crippen molar-refractivity contribution in [2.45, 2.75) is 6.42 Å². The molecular weight excluding hydrogens is 427 g/mol. The molecule has 1 fully saturated rings. The number of amides is 1. The zero-order valence-electron chi connectivity index (χ0n) is 15.6. The number of nitrogens with zero attached hydrogens (tertiary/aromatic N) is 3. The van der Waals surface area contributed by atoms with E-state index in [0.717, 1.165) is 40.3 Å². The average molecular weight is 447 g/mol. The summed E-state index contributed by atoms with van der Waals surface area (Å²) >= 11 is 13.6. The Bertz CT molecular complexity index is 1000. The van der Waals surface area contributed by atoms with Gasteiger partial charge in [0.1, 0.15) is 0 Å². The van der Waals surface area contributed by atoms with Crippen molar-refractivity contribution in [3.8, 4) is 0 Å². The van der Waals surface area contributed by atoms with Crippen LogP contribution in [0.2, 0.25) is 10.0 Å². The van der Waals surface area contributed by atoms with Gasteiger partial charge >= 0.3 is 0 Å². The second kappa shape index (κ2) is 9.03. The first-order chi connectivity index (χ1) is 14.1. The largest absolute Gasteiger partial charge is 0.368 e. The van der Waals surface area contributed by atoms with Gasteiger partial charge in [0, 0.05) is 53.0 Å². The van der Waals surface area contributed by atoms with E-state index in [4.69, 9.17) is 23.2 Å². The number of nitrogens with one attached hydrogen (secondary N) is 1. The minimum Gasteiger partial charge on any atom is -0.368 e. The first-order valence-electron chi connectivity index (χ1n) is 9.32. The second-order valence-corrected chi connectivity index (χ2v) is 8.53. The number of carbonyl (C=O) groups excluding carboxylic acids is 1. The summed E-state index contributed by atoms with van der Waals surface area (Å²) in [6.07, 6.45) is 0.310. The monoisotopic (exact) mass is 446 g/mol. The highest BCUT2D eigenvalue weighted by Crippen LogP contribution is 2.24. The molecule has 2 aromatic carbocycles. The molecule has 0 bridgehead atoms. The van der Waals surface area contributed by atoms with Crippen molar-refractivity contribution >= 4 is 57.0 Å². The minimum atomic E-state index is 0.107. The molecule has 1 amide bonds. The summed E-state index contributed by atoms with van der Waals surface area (Å²) in [5, 5.41) is 7.30. The van der Waals surface area contributed by atoms with Crippen LogP contribution in [0.4, 0.5) is 16.5 Å². The van der Waals surface area contributed by atoms with E-state index in [-0.39, 0.29) is 5.91 Å². The molecule has 0 atom stereocenters. The standard InChI is InChI=1S/C21H20Cl2N4OS/c22-15-3-1-5-17(11-15)24-21-25-18(14-29-21)13-20(28)27-9-7-26(8-10-27)19-6-2-4-16(23)12-19/h1-6,11-12,14H,7-10,13H2,(H,24,25). The predicted molar refractivity (Wildman–Crippen MR) is 121 cm³/mol. The van der Waals surface area contributed by atoms with Gasteiger partial charge in [-0.25, -0.2) is 4.98 Å². The Morgan fingerprint density at radius 3 is 2.48 bits per heavy atom. The Kier molecular flexibility index (Phi) is 6.23. The van der Waals surface area contributed by atoms with Crippen molar-refractivity contribution in [1.82, 2.24) is 9.88 Å². The molecule has 5 nitrogen and oxygen atoms in total. The molecule has 3 aromatic rings. The molecule has 1 N–H and O–H groups in total. The van der Waals surface area contributed by atoms with E-state index in [1.54, 1.807) is 0 Å². The molecule has 0 spiro atoms. The number of anilines is 3. The number of rotatable bonds is 5. The Morgan fingerprint density at radius 2 is 1.76 bits per heavy atom. The molecule has 1 aromatic heterocycles. The van der Waals surface area contributed by atoms with Crippen molar-refractivity contribution in [2.75, 3.05) is 36.4 Å². The second-order valence-electron chi connectivity index (χ2n) is 6.80. The molecular formula is C21H20Cl2N4OS. The number of piperazine rings is 1. The van der Waals surface area contributed by atoms with Crippen molar-refractivity contribution in [1.29, 1.82) is 0 Å². The molecule has 2 heterocycles. The first kappa shape index (κ1) is 20.0. The Hall–Kier alpha value is -2.28. The van der Waals surface area contributed by atoms with Gasteiger partial charge in [-0.2, -0.15) is 0 Å². The Labute approximate surface area is 183 Å². The number of aromatic nitrogens is 1. The van der Waals surface area contributed by atoms with E-state index in [1.807, 2.05) is 58.8 Å². The molecule has 0 radical (unpaired) electrons. The van der Waals surface area contributed by atoms with Crippen LogP contribution < -0.4 is 10.2 Å². The highest BCUT2D eigenvalue weighted by atomic mass is 35.5. The number of thiazole rings is 1. The molecule has 1 saturated heterocycles. The van der Waals surface area contributed by atoms with E-state index in [9.17, 15) is 4.79 Å². The lowest BCUT2D eigenvalue weighted by Gasteiger charge is -2.36. The van der Waals surface area contributed by atoms with Gasteiger partial charge in [0.15, 0.2) is 5.13 Å². The number of benzene rings is 2. The van der Waals surface area contributed by atoms with Crippen LogP contribution in [0.3, 0.4) is 0 Å². The first-order valence-corrected chi connectivity index (χ1v) is 11.0. The zero-order chi connectivity index (χ0) is 20.2. The SMILES string of the molecule is O=C(Cc1csc(Nc2cccc(Cl)c2)n1)N1CCN(c2cccc(Cl)c2)CC1.